The number of rotatable bonds is 9. The maximum Gasteiger partial charge on any atom is 0.387 e. The molecule has 28 heavy (non-hydrogen) atoms. The Bertz CT molecular complexity index is 864. The van der Waals surface area contributed by atoms with Gasteiger partial charge in [0.25, 0.3) is 11.8 Å². The molecule has 0 aliphatic rings. The number of benzene rings is 2. The summed E-state index contributed by atoms with van der Waals surface area (Å²) in [4.78, 5) is 23.3. The van der Waals surface area contributed by atoms with Crippen molar-refractivity contribution in [2.75, 3.05) is 13.7 Å². The van der Waals surface area contributed by atoms with Crippen molar-refractivity contribution in [3.8, 4) is 17.2 Å². The van der Waals surface area contributed by atoms with Gasteiger partial charge in [-0.1, -0.05) is 29.8 Å². The van der Waals surface area contributed by atoms with E-state index < -0.39 is 25.0 Å². The molecular formula is C18H17ClF2N2O5. The van der Waals surface area contributed by atoms with Gasteiger partial charge in [-0.15, -0.1) is 0 Å². The third-order valence-electron chi connectivity index (χ3n) is 3.48. The average molecular weight is 415 g/mol. The van der Waals surface area contributed by atoms with Crippen molar-refractivity contribution >= 4 is 23.4 Å². The molecule has 0 bridgehead atoms. The Hall–Kier alpha value is -3.07. The first-order valence-electron chi connectivity index (χ1n) is 7.91. The van der Waals surface area contributed by atoms with Crippen molar-refractivity contribution in [3.63, 3.8) is 0 Å². The number of amides is 2. The molecule has 0 heterocycles. The Morgan fingerprint density at radius 1 is 1.21 bits per heavy atom. The molecular weight excluding hydrogens is 398 g/mol. The number of nitrogens with one attached hydrogen (secondary N) is 1. The Balaban J connectivity index is 2.15. The molecule has 7 nitrogen and oxygen atoms in total. The Morgan fingerprint density at radius 2 is 1.93 bits per heavy atom. The van der Waals surface area contributed by atoms with Crippen LogP contribution in [0.5, 0.6) is 17.2 Å². The van der Waals surface area contributed by atoms with E-state index in [-0.39, 0.29) is 34.4 Å². The van der Waals surface area contributed by atoms with Crippen LogP contribution in [-0.4, -0.2) is 32.1 Å². The van der Waals surface area contributed by atoms with E-state index in [2.05, 4.69) is 10.1 Å². The van der Waals surface area contributed by atoms with E-state index in [9.17, 15) is 18.4 Å². The van der Waals surface area contributed by atoms with Crippen molar-refractivity contribution in [1.29, 1.82) is 0 Å². The molecule has 0 saturated heterocycles. The summed E-state index contributed by atoms with van der Waals surface area (Å²) in [6.07, 6.45) is 0. The highest BCUT2D eigenvalue weighted by molar-refractivity contribution is 6.32. The molecule has 0 aliphatic heterocycles. The highest BCUT2D eigenvalue weighted by Crippen LogP contribution is 2.36. The first kappa shape index (κ1) is 21.2. The van der Waals surface area contributed by atoms with Crippen LogP contribution in [0.1, 0.15) is 15.9 Å². The summed E-state index contributed by atoms with van der Waals surface area (Å²) in [7, 11) is 1.34. The number of halogens is 3. The van der Waals surface area contributed by atoms with Crippen LogP contribution >= 0.6 is 11.6 Å². The molecule has 0 spiro atoms. The quantitative estimate of drug-likeness (QED) is 0.657. The molecule has 0 aliphatic carbocycles. The van der Waals surface area contributed by atoms with Crippen molar-refractivity contribution in [3.05, 3.63) is 52.5 Å². The standard InChI is InChI=1S/C18H17ClF2N2O5/c1-26-14-7-11(6-12(19)16(14)27-9-15(22)24)17(25)23-8-10-4-2-3-5-13(10)28-18(20)21/h2-7,18H,8-9H2,1H3,(H2,22,24)(H,23,25). The van der Waals surface area contributed by atoms with Crippen LogP contribution in [0.25, 0.3) is 0 Å². The van der Waals surface area contributed by atoms with Gasteiger partial charge in [-0.2, -0.15) is 8.78 Å². The molecule has 3 N–H and O–H groups in total. The van der Waals surface area contributed by atoms with E-state index in [1.54, 1.807) is 18.2 Å². The molecule has 0 saturated carbocycles. The van der Waals surface area contributed by atoms with Crippen LogP contribution in [0.2, 0.25) is 5.02 Å². The number of nitrogens with two attached hydrogens (primary N) is 1. The zero-order chi connectivity index (χ0) is 20.7. The second kappa shape index (κ2) is 9.75. The first-order valence-corrected chi connectivity index (χ1v) is 8.29. The minimum absolute atomic E-state index is 0.0344. The van der Waals surface area contributed by atoms with Crippen molar-refractivity contribution in [2.45, 2.75) is 13.2 Å². The van der Waals surface area contributed by atoms with Crippen LogP contribution in [0, 0.1) is 0 Å². The number of methoxy groups -OCH3 is 1. The molecule has 0 unspecified atom stereocenters. The van der Waals surface area contributed by atoms with Gasteiger partial charge in [0.05, 0.1) is 12.1 Å². The number of carbonyl (C=O) groups is 2. The minimum Gasteiger partial charge on any atom is -0.493 e. The van der Waals surface area contributed by atoms with Crippen LogP contribution in [-0.2, 0) is 11.3 Å². The highest BCUT2D eigenvalue weighted by Gasteiger charge is 2.17. The fourth-order valence-corrected chi connectivity index (χ4v) is 2.54. The number of ether oxygens (including phenoxy) is 3. The van der Waals surface area contributed by atoms with Gasteiger partial charge in [0.2, 0.25) is 0 Å². The summed E-state index contributed by atoms with van der Waals surface area (Å²) in [5.41, 5.74) is 5.54. The number of carbonyl (C=O) groups excluding carboxylic acids is 2. The highest BCUT2D eigenvalue weighted by atomic mass is 35.5. The number of alkyl halides is 2. The third-order valence-corrected chi connectivity index (χ3v) is 3.76. The van der Waals surface area contributed by atoms with Gasteiger partial charge in [0, 0.05) is 17.7 Å². The molecule has 0 aromatic heterocycles. The van der Waals surface area contributed by atoms with Crippen molar-refractivity contribution in [2.24, 2.45) is 5.73 Å². The predicted octanol–water partition coefficient (Wildman–Crippen LogP) is 2.74. The van der Waals surface area contributed by atoms with Crippen molar-refractivity contribution < 1.29 is 32.6 Å². The van der Waals surface area contributed by atoms with Crippen LogP contribution in [0.4, 0.5) is 8.78 Å². The number of hydrogen-bond acceptors (Lipinski definition) is 5. The predicted molar refractivity (Wildman–Crippen MR) is 96.9 cm³/mol. The van der Waals surface area contributed by atoms with Crippen LogP contribution in [0.15, 0.2) is 36.4 Å². The van der Waals surface area contributed by atoms with E-state index in [4.69, 9.17) is 26.8 Å². The normalized spacial score (nSPS) is 10.5. The number of hydrogen-bond donors (Lipinski definition) is 2. The van der Waals surface area contributed by atoms with Gasteiger partial charge >= 0.3 is 6.61 Å². The summed E-state index contributed by atoms with van der Waals surface area (Å²) in [5, 5.41) is 2.62. The van der Waals surface area contributed by atoms with E-state index in [0.717, 1.165) is 0 Å². The van der Waals surface area contributed by atoms with E-state index in [0.29, 0.717) is 5.56 Å². The van der Waals surface area contributed by atoms with Gasteiger partial charge in [-0.05, 0) is 18.2 Å². The van der Waals surface area contributed by atoms with Gasteiger partial charge < -0.3 is 25.3 Å². The van der Waals surface area contributed by atoms with E-state index in [1.807, 2.05) is 0 Å². The fourth-order valence-electron chi connectivity index (χ4n) is 2.27. The van der Waals surface area contributed by atoms with Gasteiger partial charge in [-0.25, -0.2) is 0 Å². The summed E-state index contributed by atoms with van der Waals surface area (Å²) in [5.74, 6) is -1.09. The first-order chi connectivity index (χ1) is 13.3. The Kier molecular flexibility index (Phi) is 7.39. The lowest BCUT2D eigenvalue weighted by atomic mass is 10.1. The van der Waals surface area contributed by atoms with E-state index >= 15 is 0 Å². The lowest BCUT2D eigenvalue weighted by Crippen LogP contribution is -2.24. The molecule has 2 amide bonds. The van der Waals surface area contributed by atoms with Crippen LogP contribution < -0.4 is 25.3 Å². The molecule has 2 aromatic carbocycles. The molecule has 10 heteroatoms. The zero-order valence-corrected chi connectivity index (χ0v) is 15.5. The SMILES string of the molecule is COc1cc(C(=O)NCc2ccccc2OC(F)F)cc(Cl)c1OCC(N)=O. The second-order valence-corrected chi connectivity index (χ2v) is 5.82. The maximum absolute atomic E-state index is 12.5. The maximum atomic E-state index is 12.5. The van der Waals surface area contributed by atoms with Gasteiger partial charge in [0.1, 0.15) is 5.75 Å². The topological polar surface area (TPSA) is 99.9 Å². The molecule has 0 atom stereocenters. The Morgan fingerprint density at radius 3 is 2.57 bits per heavy atom. The second-order valence-electron chi connectivity index (χ2n) is 5.41. The summed E-state index contributed by atoms with van der Waals surface area (Å²) < 4.78 is 39.7. The fraction of sp³-hybridized carbons (Fsp3) is 0.222. The average Bonchev–Trinajstić information content (AvgIpc) is 2.64. The molecule has 150 valence electrons. The number of primary amides is 1. The molecule has 2 rings (SSSR count). The summed E-state index contributed by atoms with van der Waals surface area (Å²) >= 11 is 6.10. The smallest absolute Gasteiger partial charge is 0.387 e. The summed E-state index contributed by atoms with van der Waals surface area (Å²) in [6, 6.07) is 8.77. The molecule has 0 fully saturated rings. The van der Waals surface area contributed by atoms with E-state index in [1.165, 1.54) is 25.3 Å². The zero-order valence-electron chi connectivity index (χ0n) is 14.7. The largest absolute Gasteiger partial charge is 0.493 e. The lowest BCUT2D eigenvalue weighted by Gasteiger charge is -2.14. The Labute approximate surface area is 164 Å². The van der Waals surface area contributed by atoms with Crippen LogP contribution in [0.3, 0.4) is 0 Å². The van der Waals surface area contributed by atoms with Gasteiger partial charge in [-0.3, -0.25) is 9.59 Å². The third kappa shape index (κ3) is 5.71. The minimum atomic E-state index is -2.98. The molecule has 2 aromatic rings. The number of para-hydroxylation sites is 1. The summed E-state index contributed by atoms with van der Waals surface area (Å²) in [6.45, 7) is -3.45. The van der Waals surface area contributed by atoms with Gasteiger partial charge in [0.15, 0.2) is 18.1 Å². The monoisotopic (exact) mass is 414 g/mol. The van der Waals surface area contributed by atoms with Crippen molar-refractivity contribution in [1.82, 2.24) is 5.32 Å². The lowest BCUT2D eigenvalue weighted by molar-refractivity contribution is -0.119. The molecule has 0 radical (unpaired) electrons.